The highest BCUT2D eigenvalue weighted by Gasteiger charge is 2.51. The first-order valence-corrected chi connectivity index (χ1v) is 9.54. The van der Waals surface area contributed by atoms with E-state index >= 15 is 0 Å². The molecule has 2 aliphatic rings. The van der Waals surface area contributed by atoms with Crippen LogP contribution in [0.15, 0.2) is 12.1 Å². The summed E-state index contributed by atoms with van der Waals surface area (Å²) in [4.78, 5) is 2.50. The summed E-state index contributed by atoms with van der Waals surface area (Å²) in [7, 11) is 3.90. The Morgan fingerprint density at radius 3 is 2.71 bits per heavy atom. The standard InChI is InChI=1S/C21H33NO2/c1-6-16-7-8-18(24-5)20(23)19(16)21-10-9-14(2)13-17(21)15(3)22(4)12-11-21/h7-8,14-15,17,23H,6,9-13H2,1-5H3/t14?,15?,17?,21-/m1/s1. The molecule has 0 bridgehead atoms. The molecule has 134 valence electrons. The average molecular weight is 332 g/mol. The number of fused-ring (bicyclic) bond motifs is 1. The molecule has 1 aromatic rings. The number of hydrogen-bond donors (Lipinski definition) is 1. The quantitative estimate of drug-likeness (QED) is 0.893. The van der Waals surface area contributed by atoms with E-state index in [1.165, 1.54) is 30.4 Å². The highest BCUT2D eigenvalue weighted by atomic mass is 16.5. The number of methoxy groups -OCH3 is 1. The number of piperidine rings is 1. The van der Waals surface area contributed by atoms with Crippen molar-refractivity contribution in [1.29, 1.82) is 0 Å². The van der Waals surface area contributed by atoms with Gasteiger partial charge >= 0.3 is 0 Å². The first-order chi connectivity index (χ1) is 11.4. The average Bonchev–Trinajstić information content (AvgIpc) is 2.59. The van der Waals surface area contributed by atoms with Gasteiger partial charge in [0.05, 0.1) is 7.11 Å². The largest absolute Gasteiger partial charge is 0.504 e. The summed E-state index contributed by atoms with van der Waals surface area (Å²) in [5.74, 6) is 2.40. The topological polar surface area (TPSA) is 32.7 Å². The van der Waals surface area contributed by atoms with Gasteiger partial charge in [0.1, 0.15) is 0 Å². The summed E-state index contributed by atoms with van der Waals surface area (Å²) < 4.78 is 5.46. The van der Waals surface area contributed by atoms with Crippen LogP contribution in [0.4, 0.5) is 0 Å². The Morgan fingerprint density at radius 2 is 2.04 bits per heavy atom. The van der Waals surface area contributed by atoms with Crippen molar-refractivity contribution in [3.63, 3.8) is 0 Å². The molecular weight excluding hydrogens is 298 g/mol. The molecule has 3 unspecified atom stereocenters. The number of rotatable bonds is 3. The molecule has 3 rings (SSSR count). The van der Waals surface area contributed by atoms with Crippen molar-refractivity contribution in [3.05, 3.63) is 23.3 Å². The predicted octanol–water partition coefficient (Wildman–Crippen LogP) is 4.36. The normalized spacial score (nSPS) is 34.0. The number of aromatic hydroxyl groups is 1. The summed E-state index contributed by atoms with van der Waals surface area (Å²) in [6, 6.07) is 4.64. The van der Waals surface area contributed by atoms with Gasteiger partial charge in [-0.3, -0.25) is 0 Å². The van der Waals surface area contributed by atoms with Crippen LogP contribution in [-0.4, -0.2) is 36.8 Å². The van der Waals surface area contributed by atoms with E-state index in [4.69, 9.17) is 4.74 Å². The maximum Gasteiger partial charge on any atom is 0.161 e. The van der Waals surface area contributed by atoms with Crippen molar-refractivity contribution >= 4 is 0 Å². The Bertz CT molecular complexity index is 596. The molecule has 24 heavy (non-hydrogen) atoms. The Kier molecular flexibility index (Phi) is 4.83. The van der Waals surface area contributed by atoms with Crippen LogP contribution in [-0.2, 0) is 11.8 Å². The van der Waals surface area contributed by atoms with Crippen LogP contribution < -0.4 is 4.74 Å². The van der Waals surface area contributed by atoms with Crippen molar-refractivity contribution in [2.45, 2.75) is 64.3 Å². The number of nitrogens with zero attached hydrogens (tertiary/aromatic N) is 1. The minimum Gasteiger partial charge on any atom is -0.504 e. The molecule has 1 saturated carbocycles. The summed E-state index contributed by atoms with van der Waals surface area (Å²) in [5, 5.41) is 11.1. The number of phenolic OH excluding ortho intramolecular Hbond substituents is 1. The van der Waals surface area contributed by atoms with E-state index in [9.17, 15) is 5.11 Å². The van der Waals surface area contributed by atoms with Gasteiger partial charge in [-0.2, -0.15) is 0 Å². The molecule has 0 radical (unpaired) electrons. The van der Waals surface area contributed by atoms with E-state index in [1.807, 2.05) is 6.07 Å². The van der Waals surface area contributed by atoms with Crippen LogP contribution in [0.25, 0.3) is 0 Å². The van der Waals surface area contributed by atoms with Crippen LogP contribution in [0.2, 0.25) is 0 Å². The summed E-state index contributed by atoms with van der Waals surface area (Å²) in [6.45, 7) is 8.06. The van der Waals surface area contributed by atoms with E-state index in [2.05, 4.69) is 38.8 Å². The number of likely N-dealkylation sites (tertiary alicyclic amines) is 1. The minimum absolute atomic E-state index is 0.0996. The molecule has 1 saturated heterocycles. The third-order valence-electron chi connectivity index (χ3n) is 6.96. The molecule has 1 aliphatic heterocycles. The maximum atomic E-state index is 11.1. The van der Waals surface area contributed by atoms with Gasteiger partial charge in [0, 0.05) is 17.0 Å². The Balaban J connectivity index is 2.17. The van der Waals surface area contributed by atoms with Crippen LogP contribution in [0.5, 0.6) is 11.5 Å². The second-order valence-corrected chi connectivity index (χ2v) is 8.12. The number of phenols is 1. The Morgan fingerprint density at radius 1 is 1.29 bits per heavy atom. The molecule has 2 fully saturated rings. The SMILES string of the molecule is CCc1ccc(OC)c(O)c1[C@@]12CCC(C)CC1C(C)N(C)CC2. The van der Waals surface area contributed by atoms with Crippen LogP contribution >= 0.6 is 0 Å². The highest BCUT2D eigenvalue weighted by Crippen LogP contribution is 2.56. The first kappa shape index (κ1) is 17.6. The number of ether oxygens (including phenoxy) is 1. The Labute approximate surface area is 147 Å². The number of aryl methyl sites for hydroxylation is 1. The van der Waals surface area contributed by atoms with Gasteiger partial charge in [0.25, 0.3) is 0 Å². The molecule has 1 aliphatic carbocycles. The fraction of sp³-hybridized carbons (Fsp3) is 0.714. The van der Waals surface area contributed by atoms with E-state index < -0.39 is 0 Å². The molecule has 4 atom stereocenters. The second kappa shape index (κ2) is 6.59. The van der Waals surface area contributed by atoms with Crippen LogP contribution in [0.1, 0.15) is 57.6 Å². The van der Waals surface area contributed by atoms with Crippen molar-refractivity contribution in [2.24, 2.45) is 11.8 Å². The van der Waals surface area contributed by atoms with E-state index in [0.29, 0.717) is 23.5 Å². The number of hydrogen-bond acceptors (Lipinski definition) is 3. The molecule has 0 amide bonds. The minimum atomic E-state index is 0.0996. The van der Waals surface area contributed by atoms with Gasteiger partial charge in [-0.1, -0.05) is 19.9 Å². The molecule has 1 heterocycles. The third-order valence-corrected chi connectivity index (χ3v) is 6.96. The molecule has 3 heteroatoms. The monoisotopic (exact) mass is 331 g/mol. The lowest BCUT2D eigenvalue weighted by Gasteiger charge is -2.55. The summed E-state index contributed by atoms with van der Waals surface area (Å²) in [6.07, 6.45) is 5.79. The zero-order chi connectivity index (χ0) is 17.5. The predicted molar refractivity (Wildman–Crippen MR) is 98.9 cm³/mol. The lowest BCUT2D eigenvalue weighted by atomic mass is 9.54. The third kappa shape index (κ3) is 2.61. The lowest BCUT2D eigenvalue weighted by Crippen LogP contribution is -2.56. The Hall–Kier alpha value is -1.22. The maximum absolute atomic E-state index is 11.1. The summed E-state index contributed by atoms with van der Waals surface area (Å²) in [5.41, 5.74) is 2.59. The zero-order valence-electron chi connectivity index (χ0n) is 15.9. The van der Waals surface area contributed by atoms with Gasteiger partial charge in [0.2, 0.25) is 0 Å². The van der Waals surface area contributed by atoms with Gasteiger partial charge in [-0.25, -0.2) is 0 Å². The fourth-order valence-electron chi connectivity index (χ4n) is 5.39. The zero-order valence-corrected chi connectivity index (χ0v) is 15.9. The lowest BCUT2D eigenvalue weighted by molar-refractivity contribution is 0.00587. The molecule has 0 spiro atoms. The fourth-order valence-corrected chi connectivity index (χ4v) is 5.39. The van der Waals surface area contributed by atoms with Crippen molar-refractivity contribution < 1.29 is 9.84 Å². The van der Waals surface area contributed by atoms with Crippen molar-refractivity contribution in [1.82, 2.24) is 4.90 Å². The van der Waals surface area contributed by atoms with Crippen LogP contribution in [0.3, 0.4) is 0 Å². The smallest absolute Gasteiger partial charge is 0.161 e. The van der Waals surface area contributed by atoms with E-state index in [1.54, 1.807) is 7.11 Å². The van der Waals surface area contributed by atoms with Crippen molar-refractivity contribution in [2.75, 3.05) is 20.7 Å². The number of benzene rings is 1. The second-order valence-electron chi connectivity index (χ2n) is 8.12. The van der Waals surface area contributed by atoms with Gasteiger partial charge < -0.3 is 14.7 Å². The van der Waals surface area contributed by atoms with Gasteiger partial charge in [-0.05, 0) is 76.1 Å². The summed E-state index contributed by atoms with van der Waals surface area (Å²) >= 11 is 0. The molecular formula is C21H33NO2. The molecule has 0 aromatic heterocycles. The van der Waals surface area contributed by atoms with Crippen molar-refractivity contribution in [3.8, 4) is 11.5 Å². The molecule has 1 N–H and O–H groups in total. The van der Waals surface area contributed by atoms with Gasteiger partial charge in [-0.15, -0.1) is 0 Å². The van der Waals surface area contributed by atoms with Gasteiger partial charge in [0.15, 0.2) is 11.5 Å². The van der Waals surface area contributed by atoms with Crippen LogP contribution in [0, 0.1) is 11.8 Å². The molecule has 3 nitrogen and oxygen atoms in total. The molecule has 1 aromatic carbocycles. The highest BCUT2D eigenvalue weighted by molar-refractivity contribution is 5.54. The first-order valence-electron chi connectivity index (χ1n) is 9.54. The van der Waals surface area contributed by atoms with E-state index in [0.717, 1.165) is 25.3 Å². The van der Waals surface area contributed by atoms with E-state index in [-0.39, 0.29) is 5.41 Å².